The summed E-state index contributed by atoms with van der Waals surface area (Å²) in [7, 11) is 0. The second-order valence-electron chi connectivity index (χ2n) is 4.22. The lowest BCUT2D eigenvalue weighted by atomic mass is 10.0. The summed E-state index contributed by atoms with van der Waals surface area (Å²) in [5.74, 6) is 0. The number of nitrogens with zero attached hydrogens (tertiary/aromatic N) is 1. The zero-order valence-electron chi connectivity index (χ0n) is 9.82. The van der Waals surface area contributed by atoms with E-state index in [0.29, 0.717) is 0 Å². The molecule has 0 unspecified atom stereocenters. The van der Waals surface area contributed by atoms with Crippen LogP contribution in [0.15, 0.2) is 24.3 Å². The number of benzene rings is 1. The van der Waals surface area contributed by atoms with E-state index in [2.05, 4.69) is 36.1 Å². The predicted molar refractivity (Wildman–Crippen MR) is 66.5 cm³/mol. The van der Waals surface area contributed by atoms with Crippen LogP contribution in [0.2, 0.25) is 0 Å². The van der Waals surface area contributed by atoms with Crippen LogP contribution in [-0.4, -0.2) is 37.7 Å². The number of morpholine rings is 1. The molecule has 0 aliphatic carbocycles. The monoisotopic (exact) mass is 218 g/mol. The van der Waals surface area contributed by atoms with Gasteiger partial charge < -0.3 is 4.74 Å². The third-order valence-electron chi connectivity index (χ3n) is 3.19. The molecule has 87 valence electrons. The van der Waals surface area contributed by atoms with Crippen LogP contribution in [0.5, 0.6) is 0 Å². The molecule has 1 saturated heterocycles. The molecule has 1 radical (unpaired) electrons. The molecular weight excluding hydrogens is 198 g/mol. The molecule has 1 aliphatic heterocycles. The number of rotatable bonds is 4. The minimum absolute atomic E-state index is 0.886. The third kappa shape index (κ3) is 3.06. The molecule has 1 aromatic carbocycles. The summed E-state index contributed by atoms with van der Waals surface area (Å²) in [6.45, 7) is 9.04. The summed E-state index contributed by atoms with van der Waals surface area (Å²) in [6.07, 6.45) is 2.02. The van der Waals surface area contributed by atoms with Crippen molar-refractivity contribution in [1.29, 1.82) is 0 Å². The minimum atomic E-state index is 0.886. The van der Waals surface area contributed by atoms with Gasteiger partial charge in [0.15, 0.2) is 0 Å². The molecule has 2 heteroatoms. The Morgan fingerprint density at radius 3 is 2.50 bits per heavy atom. The summed E-state index contributed by atoms with van der Waals surface area (Å²) >= 11 is 0. The molecule has 2 rings (SSSR count). The molecule has 1 fully saturated rings. The highest BCUT2D eigenvalue weighted by atomic mass is 16.5. The molecule has 0 spiro atoms. The number of hydrogen-bond acceptors (Lipinski definition) is 2. The lowest BCUT2D eigenvalue weighted by Gasteiger charge is -2.26. The summed E-state index contributed by atoms with van der Waals surface area (Å²) in [4.78, 5) is 2.48. The Kier molecular flexibility index (Phi) is 4.37. The van der Waals surface area contributed by atoms with Crippen molar-refractivity contribution in [2.45, 2.75) is 12.8 Å². The van der Waals surface area contributed by atoms with Gasteiger partial charge in [0, 0.05) is 19.6 Å². The molecule has 0 bridgehead atoms. The summed E-state index contributed by atoms with van der Waals surface area (Å²) in [5, 5.41) is 0. The van der Waals surface area contributed by atoms with Crippen LogP contribution in [0.3, 0.4) is 0 Å². The van der Waals surface area contributed by atoms with Gasteiger partial charge in [0.05, 0.1) is 13.2 Å². The van der Waals surface area contributed by atoms with Crippen molar-refractivity contribution < 1.29 is 4.74 Å². The number of hydrogen-bond donors (Lipinski definition) is 0. The van der Waals surface area contributed by atoms with Gasteiger partial charge in [-0.2, -0.15) is 0 Å². The Balaban J connectivity index is 1.88. The van der Waals surface area contributed by atoms with E-state index in [1.54, 1.807) is 0 Å². The maximum Gasteiger partial charge on any atom is 0.0594 e. The normalized spacial score (nSPS) is 17.6. The van der Waals surface area contributed by atoms with Crippen molar-refractivity contribution in [2.24, 2.45) is 0 Å². The SMILES string of the molecule is [CH2]Cc1ccccc1CCN1CCOCC1. The van der Waals surface area contributed by atoms with Gasteiger partial charge in [-0.1, -0.05) is 24.3 Å². The standard InChI is InChI=1S/C14H20NO/c1-2-13-5-3-4-6-14(13)7-8-15-9-11-16-12-10-15/h3-6H,1-2,7-12H2. The average molecular weight is 218 g/mol. The van der Waals surface area contributed by atoms with Gasteiger partial charge in [0.1, 0.15) is 0 Å². The van der Waals surface area contributed by atoms with E-state index in [4.69, 9.17) is 4.74 Å². The highest BCUT2D eigenvalue weighted by molar-refractivity contribution is 5.27. The van der Waals surface area contributed by atoms with Gasteiger partial charge in [0.25, 0.3) is 0 Å². The van der Waals surface area contributed by atoms with Gasteiger partial charge in [-0.25, -0.2) is 0 Å². The second-order valence-corrected chi connectivity index (χ2v) is 4.22. The molecule has 0 amide bonds. The van der Waals surface area contributed by atoms with Crippen LogP contribution in [0, 0.1) is 6.92 Å². The molecule has 1 aliphatic rings. The van der Waals surface area contributed by atoms with Crippen LogP contribution >= 0.6 is 0 Å². The van der Waals surface area contributed by atoms with Crippen molar-refractivity contribution in [2.75, 3.05) is 32.8 Å². The third-order valence-corrected chi connectivity index (χ3v) is 3.19. The molecule has 2 nitrogen and oxygen atoms in total. The molecule has 0 atom stereocenters. The topological polar surface area (TPSA) is 12.5 Å². The van der Waals surface area contributed by atoms with Crippen molar-refractivity contribution in [3.05, 3.63) is 42.3 Å². The Morgan fingerprint density at radius 1 is 1.12 bits per heavy atom. The minimum Gasteiger partial charge on any atom is -0.379 e. The van der Waals surface area contributed by atoms with Crippen molar-refractivity contribution in [3.8, 4) is 0 Å². The first kappa shape index (κ1) is 11.6. The summed E-state index contributed by atoms with van der Waals surface area (Å²) < 4.78 is 5.34. The predicted octanol–water partition coefficient (Wildman–Crippen LogP) is 1.94. The molecule has 0 aromatic heterocycles. The molecule has 1 aromatic rings. The van der Waals surface area contributed by atoms with Crippen LogP contribution < -0.4 is 0 Å². The van der Waals surface area contributed by atoms with Gasteiger partial charge in [-0.05, 0) is 30.9 Å². The largest absolute Gasteiger partial charge is 0.379 e. The maximum absolute atomic E-state index is 5.34. The highest BCUT2D eigenvalue weighted by Gasteiger charge is 2.10. The van der Waals surface area contributed by atoms with Crippen molar-refractivity contribution in [3.63, 3.8) is 0 Å². The van der Waals surface area contributed by atoms with Crippen LogP contribution in [0.4, 0.5) is 0 Å². The first-order chi connectivity index (χ1) is 7.90. The Hall–Kier alpha value is -0.860. The second kappa shape index (κ2) is 6.02. The number of ether oxygens (including phenoxy) is 1. The van der Waals surface area contributed by atoms with E-state index in [0.717, 1.165) is 45.7 Å². The fourth-order valence-electron chi connectivity index (χ4n) is 2.15. The van der Waals surface area contributed by atoms with Crippen molar-refractivity contribution in [1.82, 2.24) is 4.90 Å². The smallest absolute Gasteiger partial charge is 0.0594 e. The maximum atomic E-state index is 5.34. The zero-order valence-corrected chi connectivity index (χ0v) is 9.82. The molecule has 1 heterocycles. The van der Waals surface area contributed by atoms with Crippen LogP contribution in [-0.2, 0) is 17.6 Å². The Morgan fingerprint density at radius 2 is 1.81 bits per heavy atom. The van der Waals surface area contributed by atoms with Gasteiger partial charge in [-0.15, -0.1) is 0 Å². The molecular formula is C14H20NO. The van der Waals surface area contributed by atoms with E-state index in [-0.39, 0.29) is 0 Å². The quantitative estimate of drug-likeness (QED) is 0.766. The van der Waals surface area contributed by atoms with E-state index >= 15 is 0 Å². The van der Waals surface area contributed by atoms with Crippen LogP contribution in [0.1, 0.15) is 11.1 Å². The summed E-state index contributed by atoms with van der Waals surface area (Å²) in [6, 6.07) is 8.62. The Labute approximate surface area is 98.2 Å². The molecule has 16 heavy (non-hydrogen) atoms. The fraction of sp³-hybridized carbons (Fsp3) is 0.500. The fourth-order valence-corrected chi connectivity index (χ4v) is 2.15. The van der Waals surface area contributed by atoms with Gasteiger partial charge >= 0.3 is 0 Å². The van der Waals surface area contributed by atoms with E-state index < -0.39 is 0 Å². The van der Waals surface area contributed by atoms with E-state index in [9.17, 15) is 0 Å². The molecule has 0 saturated carbocycles. The van der Waals surface area contributed by atoms with Gasteiger partial charge in [0.2, 0.25) is 0 Å². The lowest BCUT2D eigenvalue weighted by molar-refractivity contribution is 0.0384. The highest BCUT2D eigenvalue weighted by Crippen LogP contribution is 2.11. The van der Waals surface area contributed by atoms with E-state index in [1.165, 1.54) is 11.1 Å². The summed E-state index contributed by atoms with van der Waals surface area (Å²) in [5.41, 5.74) is 2.83. The van der Waals surface area contributed by atoms with Crippen molar-refractivity contribution >= 4 is 0 Å². The Bertz CT molecular complexity index is 318. The van der Waals surface area contributed by atoms with Crippen LogP contribution in [0.25, 0.3) is 0 Å². The molecule has 0 N–H and O–H groups in total. The van der Waals surface area contributed by atoms with Gasteiger partial charge in [-0.3, -0.25) is 4.90 Å². The first-order valence-corrected chi connectivity index (χ1v) is 6.06. The average Bonchev–Trinajstić information content (AvgIpc) is 2.38. The zero-order chi connectivity index (χ0) is 11.2. The lowest BCUT2D eigenvalue weighted by Crippen LogP contribution is -2.37. The van der Waals surface area contributed by atoms with E-state index in [1.807, 2.05) is 0 Å². The first-order valence-electron chi connectivity index (χ1n) is 6.06.